The predicted molar refractivity (Wildman–Crippen MR) is 161 cm³/mol. The molecule has 2 atom stereocenters. The maximum atomic E-state index is 13.8. The first-order chi connectivity index (χ1) is 19.9. The average molecular weight is 566 g/mol. The van der Waals surface area contributed by atoms with E-state index in [1.807, 2.05) is 41.3 Å². The van der Waals surface area contributed by atoms with Gasteiger partial charge in [-0.2, -0.15) is 0 Å². The highest BCUT2D eigenvalue weighted by Crippen LogP contribution is 2.31. The number of carbonyl (C=O) groups is 2. The second-order valence-corrected chi connectivity index (χ2v) is 11.5. The third-order valence-corrected chi connectivity index (χ3v) is 8.06. The molecule has 8 nitrogen and oxygen atoms in total. The van der Waals surface area contributed by atoms with Crippen molar-refractivity contribution in [3.63, 3.8) is 0 Å². The molecule has 2 amide bonds. The monoisotopic (exact) mass is 565 g/mol. The van der Waals surface area contributed by atoms with Gasteiger partial charge in [-0.25, -0.2) is 0 Å². The quantitative estimate of drug-likeness (QED) is 0.315. The van der Waals surface area contributed by atoms with E-state index in [4.69, 9.17) is 14.2 Å². The van der Waals surface area contributed by atoms with Crippen LogP contribution >= 0.6 is 0 Å². The minimum Gasteiger partial charge on any atom is -0.493 e. The molecule has 8 heteroatoms. The molecular weight excluding hydrogens is 518 g/mol. The predicted octanol–water partition coefficient (Wildman–Crippen LogP) is 4.71. The first-order valence-corrected chi connectivity index (χ1v) is 15.1. The number of methoxy groups -OCH3 is 2. The number of hydrogen-bond donors (Lipinski definition) is 1. The maximum absolute atomic E-state index is 13.8. The zero-order valence-electron chi connectivity index (χ0n) is 25.1. The summed E-state index contributed by atoms with van der Waals surface area (Å²) < 4.78 is 16.5. The molecule has 0 bridgehead atoms. The first kappa shape index (κ1) is 30.8. The van der Waals surface area contributed by atoms with Crippen molar-refractivity contribution in [2.45, 2.75) is 83.0 Å². The molecule has 1 aliphatic heterocycles. The van der Waals surface area contributed by atoms with Gasteiger partial charge in [0.2, 0.25) is 5.91 Å². The van der Waals surface area contributed by atoms with E-state index in [0.717, 1.165) is 57.2 Å². The lowest BCUT2D eigenvalue weighted by molar-refractivity contribution is -0.131. The second kappa shape index (κ2) is 15.2. The van der Waals surface area contributed by atoms with Crippen molar-refractivity contribution < 1.29 is 23.8 Å². The molecule has 224 valence electrons. The number of ether oxygens (including phenoxy) is 3. The maximum Gasteiger partial charge on any atom is 0.254 e. The van der Waals surface area contributed by atoms with Crippen molar-refractivity contribution in [2.75, 3.05) is 40.5 Å². The van der Waals surface area contributed by atoms with Crippen molar-refractivity contribution in [2.24, 2.45) is 0 Å². The van der Waals surface area contributed by atoms with Crippen molar-refractivity contribution in [1.29, 1.82) is 0 Å². The summed E-state index contributed by atoms with van der Waals surface area (Å²) in [6.07, 6.45) is 6.28. The molecule has 1 saturated carbocycles. The summed E-state index contributed by atoms with van der Waals surface area (Å²) in [5.74, 6) is 1.41. The Labute approximate surface area is 245 Å². The highest BCUT2D eigenvalue weighted by Gasteiger charge is 2.34. The number of hydrogen-bond acceptors (Lipinski definition) is 6. The largest absolute Gasteiger partial charge is 0.493 e. The lowest BCUT2D eigenvalue weighted by Gasteiger charge is -2.40. The molecule has 0 aromatic heterocycles. The van der Waals surface area contributed by atoms with Crippen molar-refractivity contribution >= 4 is 11.8 Å². The normalized spacial score (nSPS) is 18.7. The fraction of sp³-hybridized carbons (Fsp3) is 0.576. The zero-order chi connectivity index (χ0) is 29.2. The van der Waals surface area contributed by atoms with E-state index in [0.29, 0.717) is 48.8 Å². The smallest absolute Gasteiger partial charge is 0.254 e. The molecule has 2 fully saturated rings. The minimum absolute atomic E-state index is 0.000983. The molecule has 2 aromatic rings. The van der Waals surface area contributed by atoms with E-state index in [1.54, 1.807) is 26.4 Å². The van der Waals surface area contributed by atoms with E-state index in [2.05, 4.69) is 24.1 Å². The van der Waals surface area contributed by atoms with Gasteiger partial charge in [0, 0.05) is 63.0 Å². The molecule has 41 heavy (non-hydrogen) atoms. The summed E-state index contributed by atoms with van der Waals surface area (Å²) in [4.78, 5) is 30.9. The van der Waals surface area contributed by atoms with Gasteiger partial charge in [-0.15, -0.1) is 0 Å². The van der Waals surface area contributed by atoms with Gasteiger partial charge in [0.1, 0.15) is 0 Å². The number of nitrogens with one attached hydrogen (secondary N) is 1. The summed E-state index contributed by atoms with van der Waals surface area (Å²) in [5, 5.41) is 3.70. The molecule has 1 N–H and O–H groups in total. The Balaban J connectivity index is 1.32. The van der Waals surface area contributed by atoms with Gasteiger partial charge in [0.25, 0.3) is 5.91 Å². The lowest BCUT2D eigenvalue weighted by Crippen LogP contribution is -2.54. The standard InChI is InChI=1S/C33H47N3O5/c1-24(2)36(33(38)26-11-16-30(40-4)31(22-26)41-20-8-19-39-3)29-13-12-27(34-23-29)17-18-35(28-14-15-28)32(37)21-25-9-6-5-7-10-25/h5-7,9-11,16,22,24,27-29,34H,8,12-15,17-21,23H2,1-4H3. The Hall–Kier alpha value is -3.10. The van der Waals surface area contributed by atoms with E-state index in [1.165, 1.54) is 0 Å². The third kappa shape index (κ3) is 8.69. The number of carbonyl (C=O) groups excluding carboxylic acids is 2. The summed E-state index contributed by atoms with van der Waals surface area (Å²) in [5.41, 5.74) is 1.67. The van der Waals surface area contributed by atoms with Gasteiger partial charge < -0.3 is 29.3 Å². The molecule has 1 heterocycles. The van der Waals surface area contributed by atoms with Crippen LogP contribution in [0.15, 0.2) is 48.5 Å². The summed E-state index contributed by atoms with van der Waals surface area (Å²) in [6.45, 7) is 6.76. The van der Waals surface area contributed by atoms with Crippen LogP contribution in [0.2, 0.25) is 0 Å². The molecule has 2 aromatic carbocycles. The van der Waals surface area contributed by atoms with E-state index in [-0.39, 0.29) is 23.9 Å². The Bertz CT molecular complexity index is 1110. The number of nitrogens with zero attached hydrogens (tertiary/aromatic N) is 2. The molecule has 2 unspecified atom stereocenters. The molecule has 4 rings (SSSR count). The minimum atomic E-state index is 0.000983. The highest BCUT2D eigenvalue weighted by atomic mass is 16.5. The first-order valence-electron chi connectivity index (χ1n) is 15.1. The molecule has 0 radical (unpaired) electrons. The molecule has 0 spiro atoms. The summed E-state index contributed by atoms with van der Waals surface area (Å²) in [7, 11) is 3.27. The van der Waals surface area contributed by atoms with Crippen LogP contribution in [0, 0.1) is 0 Å². The van der Waals surface area contributed by atoms with Crippen LogP contribution in [0.5, 0.6) is 11.5 Å². The van der Waals surface area contributed by atoms with Gasteiger partial charge in [-0.1, -0.05) is 30.3 Å². The Kier molecular flexibility index (Phi) is 11.5. The van der Waals surface area contributed by atoms with Gasteiger partial charge in [-0.3, -0.25) is 9.59 Å². The van der Waals surface area contributed by atoms with Gasteiger partial charge >= 0.3 is 0 Å². The molecule has 1 saturated heterocycles. The van der Waals surface area contributed by atoms with E-state index < -0.39 is 0 Å². The second-order valence-electron chi connectivity index (χ2n) is 11.5. The number of rotatable bonds is 15. The Morgan fingerprint density at radius 2 is 1.71 bits per heavy atom. The zero-order valence-corrected chi connectivity index (χ0v) is 25.1. The van der Waals surface area contributed by atoms with E-state index in [9.17, 15) is 9.59 Å². The van der Waals surface area contributed by atoms with Crippen LogP contribution in [0.25, 0.3) is 0 Å². The number of piperidine rings is 1. The van der Waals surface area contributed by atoms with Gasteiger partial charge in [0.15, 0.2) is 11.5 Å². The summed E-state index contributed by atoms with van der Waals surface area (Å²) >= 11 is 0. The van der Waals surface area contributed by atoms with Crippen LogP contribution in [0.1, 0.15) is 68.3 Å². The fourth-order valence-electron chi connectivity index (χ4n) is 5.73. The Morgan fingerprint density at radius 3 is 2.34 bits per heavy atom. The summed E-state index contributed by atoms with van der Waals surface area (Å²) in [6, 6.07) is 16.3. The number of amides is 2. The highest BCUT2D eigenvalue weighted by molar-refractivity contribution is 5.95. The lowest BCUT2D eigenvalue weighted by atomic mass is 9.95. The van der Waals surface area contributed by atoms with Crippen LogP contribution in [0.3, 0.4) is 0 Å². The van der Waals surface area contributed by atoms with Crippen LogP contribution in [-0.4, -0.2) is 86.3 Å². The van der Waals surface area contributed by atoms with Crippen molar-refractivity contribution in [3.05, 3.63) is 59.7 Å². The SMILES string of the molecule is COCCCOc1cc(C(=O)N(C(C)C)C2CCC(CCN(C(=O)Cc3ccccc3)C3CC3)NC2)ccc1OC. The number of benzene rings is 2. The van der Waals surface area contributed by atoms with Crippen molar-refractivity contribution in [3.8, 4) is 11.5 Å². The Morgan fingerprint density at radius 1 is 0.951 bits per heavy atom. The van der Waals surface area contributed by atoms with E-state index >= 15 is 0 Å². The molecule has 2 aliphatic rings. The van der Waals surface area contributed by atoms with Crippen molar-refractivity contribution in [1.82, 2.24) is 15.1 Å². The van der Waals surface area contributed by atoms with Crippen LogP contribution in [-0.2, 0) is 16.0 Å². The fourth-order valence-corrected chi connectivity index (χ4v) is 5.73. The van der Waals surface area contributed by atoms with Crippen LogP contribution in [0.4, 0.5) is 0 Å². The average Bonchev–Trinajstić information content (AvgIpc) is 3.82. The molecule has 1 aliphatic carbocycles. The third-order valence-electron chi connectivity index (χ3n) is 8.06. The topological polar surface area (TPSA) is 80.3 Å². The van der Waals surface area contributed by atoms with Gasteiger partial charge in [-0.05, 0) is 69.7 Å². The molecular formula is C33H47N3O5. The van der Waals surface area contributed by atoms with Crippen LogP contribution < -0.4 is 14.8 Å². The van der Waals surface area contributed by atoms with Gasteiger partial charge in [0.05, 0.1) is 20.1 Å².